The van der Waals surface area contributed by atoms with Crippen molar-refractivity contribution in [2.75, 3.05) is 44.9 Å². The summed E-state index contributed by atoms with van der Waals surface area (Å²) in [5, 5.41) is 20.6. The van der Waals surface area contributed by atoms with Crippen LogP contribution >= 0.6 is 0 Å². The number of ether oxygens (including phenoxy) is 2. The first kappa shape index (κ1) is 40.0. The summed E-state index contributed by atoms with van der Waals surface area (Å²) >= 11 is 0. The summed E-state index contributed by atoms with van der Waals surface area (Å²) in [7, 11) is 3.96. The number of hydrogen-bond acceptors (Lipinski definition) is 10. The molecule has 1 atom stereocenters. The average molecular weight is 705 g/mol. The van der Waals surface area contributed by atoms with Crippen molar-refractivity contribution in [3.8, 4) is 22.8 Å². The minimum Gasteiger partial charge on any atom is -0.494 e. The van der Waals surface area contributed by atoms with Gasteiger partial charge in [-0.2, -0.15) is 26.3 Å². The Hall–Kier alpha value is -5.17. The Balaban J connectivity index is 0.000000500. The fourth-order valence-electron chi connectivity index (χ4n) is 3.93. The molecule has 2 aromatic carbocycles. The molecule has 1 amide bonds. The molecule has 2 heterocycles. The van der Waals surface area contributed by atoms with E-state index in [9.17, 15) is 31.1 Å². The van der Waals surface area contributed by atoms with E-state index in [1.54, 1.807) is 12.3 Å². The Kier molecular flexibility index (Phi) is 14.6. The van der Waals surface area contributed by atoms with E-state index < -0.39 is 24.3 Å². The van der Waals surface area contributed by atoms with E-state index in [0.29, 0.717) is 43.3 Å². The van der Waals surface area contributed by atoms with Gasteiger partial charge in [0.2, 0.25) is 11.9 Å². The van der Waals surface area contributed by atoms with E-state index in [2.05, 4.69) is 26.7 Å². The maximum absolute atomic E-state index is 13.2. The number of aromatic nitrogens is 2. The summed E-state index contributed by atoms with van der Waals surface area (Å²) in [6.07, 6.45) is -7.97. The molecule has 0 aliphatic carbocycles. The van der Waals surface area contributed by atoms with Crippen molar-refractivity contribution in [2.45, 2.75) is 38.3 Å². The zero-order valence-electron chi connectivity index (χ0n) is 26.4. The molecular formula is C30H34F6N6O7. The Morgan fingerprint density at radius 2 is 1.61 bits per heavy atom. The Labute approximate surface area is 276 Å². The van der Waals surface area contributed by atoms with Crippen LogP contribution in [0.1, 0.15) is 18.1 Å². The number of fused-ring (bicyclic) bond motifs is 1. The minimum absolute atomic E-state index is 0.117. The third-order valence-corrected chi connectivity index (χ3v) is 6.26. The van der Waals surface area contributed by atoms with Gasteiger partial charge < -0.3 is 41.0 Å². The fourth-order valence-corrected chi connectivity index (χ4v) is 3.93. The number of carboxylic acid groups (broad SMARTS) is 2. The molecule has 3 aromatic rings. The maximum atomic E-state index is 13.2. The maximum Gasteiger partial charge on any atom is 0.490 e. The molecule has 4 rings (SSSR count). The van der Waals surface area contributed by atoms with Crippen molar-refractivity contribution < 1.29 is 60.4 Å². The van der Waals surface area contributed by atoms with Crippen LogP contribution < -0.4 is 25.8 Å². The number of carbonyl (C=O) groups excluding carboxylic acids is 1. The molecule has 1 unspecified atom stereocenters. The normalized spacial score (nSPS) is 13.9. The number of hydrogen-bond donors (Lipinski definition) is 5. The number of benzene rings is 2. The highest BCUT2D eigenvalue weighted by molar-refractivity contribution is 5.97. The van der Waals surface area contributed by atoms with Crippen LogP contribution in [0.3, 0.4) is 0 Å². The van der Waals surface area contributed by atoms with Crippen LogP contribution in [-0.2, 0) is 27.3 Å². The highest BCUT2D eigenvalue weighted by atomic mass is 19.4. The number of nitrogens with two attached hydrogens (primary N) is 1. The van der Waals surface area contributed by atoms with Crippen LogP contribution in [0.25, 0.3) is 11.3 Å². The highest BCUT2D eigenvalue weighted by Gasteiger charge is 2.39. The highest BCUT2D eigenvalue weighted by Crippen LogP contribution is 2.31. The zero-order chi connectivity index (χ0) is 36.9. The number of likely N-dealkylation sites (N-methyl/N-ethyl adjacent to an activating group) is 1. The van der Waals surface area contributed by atoms with Crippen molar-refractivity contribution in [1.82, 2.24) is 20.2 Å². The number of amides is 1. The molecule has 0 bridgehead atoms. The molecule has 6 N–H and O–H groups in total. The molecule has 49 heavy (non-hydrogen) atoms. The predicted octanol–water partition coefficient (Wildman–Crippen LogP) is 3.98. The first-order valence-corrected chi connectivity index (χ1v) is 14.2. The summed E-state index contributed by atoms with van der Waals surface area (Å²) in [5.41, 5.74) is 10.2. The number of carboxylic acids is 2. The van der Waals surface area contributed by atoms with Crippen molar-refractivity contribution in [3.05, 3.63) is 59.8 Å². The molecule has 0 spiro atoms. The lowest BCUT2D eigenvalue weighted by molar-refractivity contribution is -0.193. The minimum atomic E-state index is -5.08. The second-order valence-corrected chi connectivity index (χ2v) is 10.3. The van der Waals surface area contributed by atoms with E-state index in [4.69, 9.17) is 35.0 Å². The van der Waals surface area contributed by atoms with Gasteiger partial charge >= 0.3 is 24.3 Å². The second-order valence-electron chi connectivity index (χ2n) is 10.3. The Bertz CT molecular complexity index is 1560. The van der Waals surface area contributed by atoms with Crippen molar-refractivity contribution in [2.24, 2.45) is 0 Å². The Morgan fingerprint density at radius 3 is 2.16 bits per heavy atom. The number of nitrogens with one attached hydrogen (secondary N) is 2. The zero-order valence-corrected chi connectivity index (χ0v) is 26.4. The van der Waals surface area contributed by atoms with E-state index in [-0.39, 0.29) is 17.9 Å². The van der Waals surface area contributed by atoms with Crippen LogP contribution in [0.15, 0.2) is 48.7 Å². The van der Waals surface area contributed by atoms with Crippen molar-refractivity contribution in [3.63, 3.8) is 0 Å². The SMILES string of the molecule is CCOc1ccc2c(c1)CC(C(=O)Nc1ccc(-c3ccnc(N)n3)cc1OCCN(C)C)NC2.O=C(O)C(F)(F)F.O=C(O)C(F)(F)F. The summed E-state index contributed by atoms with van der Waals surface area (Å²) in [5.74, 6) is -4.03. The average Bonchev–Trinajstić information content (AvgIpc) is 3.01. The standard InChI is InChI=1S/C26H32N6O3.2C2HF3O2/c1-4-34-20-7-5-18-16-29-23(14-19(18)13-20)25(33)30-22-8-6-17(21-9-10-28-26(27)31-21)15-24(22)35-12-11-32(2)3;2*3-2(4,5)1(6)7/h5-10,13,15,23,29H,4,11-12,14,16H2,1-3H3,(H,30,33)(H2,27,28,31);2*(H,6,7). The lowest BCUT2D eigenvalue weighted by atomic mass is 9.95. The molecule has 0 saturated carbocycles. The first-order chi connectivity index (χ1) is 22.8. The fraction of sp³-hybridized carbons (Fsp3) is 0.367. The van der Waals surface area contributed by atoms with Gasteiger partial charge in [-0.05, 0) is 68.9 Å². The van der Waals surface area contributed by atoms with Gasteiger partial charge in [-0.3, -0.25) is 4.79 Å². The van der Waals surface area contributed by atoms with Gasteiger partial charge in [-0.15, -0.1) is 0 Å². The first-order valence-electron chi connectivity index (χ1n) is 14.2. The van der Waals surface area contributed by atoms with Gasteiger partial charge in [0.25, 0.3) is 0 Å². The molecule has 19 heteroatoms. The monoisotopic (exact) mass is 704 g/mol. The van der Waals surface area contributed by atoms with Gasteiger partial charge in [0.15, 0.2) is 0 Å². The van der Waals surface area contributed by atoms with Gasteiger partial charge in [-0.1, -0.05) is 12.1 Å². The van der Waals surface area contributed by atoms with Crippen LogP contribution in [0.4, 0.5) is 38.0 Å². The van der Waals surface area contributed by atoms with E-state index in [1.165, 1.54) is 5.56 Å². The molecule has 1 aliphatic heterocycles. The topological polar surface area (TPSA) is 189 Å². The van der Waals surface area contributed by atoms with E-state index >= 15 is 0 Å². The lowest BCUT2D eigenvalue weighted by Gasteiger charge is -2.26. The summed E-state index contributed by atoms with van der Waals surface area (Å²) in [6.45, 7) is 4.40. The van der Waals surface area contributed by atoms with Crippen LogP contribution in [-0.4, -0.2) is 95.2 Å². The number of rotatable bonds is 9. The molecule has 13 nitrogen and oxygen atoms in total. The number of nitrogen functional groups attached to an aromatic ring is 1. The number of nitrogens with zero attached hydrogens (tertiary/aromatic N) is 3. The van der Waals surface area contributed by atoms with Crippen molar-refractivity contribution >= 4 is 29.5 Å². The number of alkyl halides is 6. The van der Waals surface area contributed by atoms with Gasteiger partial charge in [-0.25, -0.2) is 19.6 Å². The molecule has 0 saturated heterocycles. The van der Waals surface area contributed by atoms with Crippen LogP contribution in [0.2, 0.25) is 0 Å². The molecule has 0 radical (unpaired) electrons. The largest absolute Gasteiger partial charge is 0.494 e. The second kappa shape index (κ2) is 17.8. The van der Waals surface area contributed by atoms with Gasteiger partial charge in [0, 0.05) is 24.8 Å². The smallest absolute Gasteiger partial charge is 0.490 e. The molecule has 1 aromatic heterocycles. The third-order valence-electron chi connectivity index (χ3n) is 6.26. The molecule has 268 valence electrons. The number of anilines is 2. The predicted molar refractivity (Wildman–Crippen MR) is 164 cm³/mol. The van der Waals surface area contributed by atoms with Gasteiger partial charge in [0.1, 0.15) is 18.1 Å². The summed E-state index contributed by atoms with van der Waals surface area (Å²) in [6, 6.07) is 13.0. The molecular weight excluding hydrogens is 670 g/mol. The van der Waals surface area contributed by atoms with E-state index in [0.717, 1.165) is 23.4 Å². The summed E-state index contributed by atoms with van der Waals surface area (Å²) < 4.78 is 75.2. The molecule has 1 aliphatic rings. The lowest BCUT2D eigenvalue weighted by Crippen LogP contribution is -2.44. The number of carbonyl (C=O) groups is 3. The number of aliphatic carboxylic acids is 2. The third kappa shape index (κ3) is 13.5. The Morgan fingerprint density at radius 1 is 0.980 bits per heavy atom. The number of halogens is 6. The van der Waals surface area contributed by atoms with Crippen LogP contribution in [0, 0.1) is 0 Å². The molecule has 0 fully saturated rings. The quantitative estimate of drug-likeness (QED) is 0.202. The van der Waals surface area contributed by atoms with Crippen molar-refractivity contribution in [1.29, 1.82) is 0 Å². The summed E-state index contributed by atoms with van der Waals surface area (Å²) in [4.78, 5) is 41.3. The van der Waals surface area contributed by atoms with Crippen LogP contribution in [0.5, 0.6) is 11.5 Å². The van der Waals surface area contributed by atoms with Gasteiger partial charge in [0.05, 0.1) is 24.0 Å². The van der Waals surface area contributed by atoms with E-state index in [1.807, 2.05) is 56.3 Å².